The first-order chi connectivity index (χ1) is 11.7. The topological polar surface area (TPSA) is 53.1 Å². The molecule has 0 radical (unpaired) electrons. The van der Waals surface area contributed by atoms with Crippen LogP contribution in [0.1, 0.15) is 39.0 Å². The molecule has 0 bridgehead atoms. The van der Waals surface area contributed by atoms with Crippen LogP contribution in [0, 0.1) is 0 Å². The third kappa shape index (κ3) is 3.91. The van der Waals surface area contributed by atoms with E-state index in [2.05, 4.69) is 11.0 Å². The molecule has 3 aliphatic rings. The molecule has 3 rings (SSSR count). The molecule has 2 fully saturated rings. The quantitative estimate of drug-likeness (QED) is 0.790. The minimum atomic E-state index is -0.203. The maximum atomic E-state index is 12.6. The standard InChI is InChI=1S/C18H29N3O3/c1-2-24-18(23)20-12-10-19(11-13-20)16-8-5-9-21(14-16)17(22)15-6-3-4-7-15/h6,16H,2-5,7-14H2,1H3. The third-order valence-corrected chi connectivity index (χ3v) is 5.36. The predicted octanol–water partition coefficient (Wildman–Crippen LogP) is 1.86. The lowest BCUT2D eigenvalue weighted by Gasteiger charge is -2.43. The van der Waals surface area contributed by atoms with Crippen molar-refractivity contribution in [3.8, 4) is 0 Å². The summed E-state index contributed by atoms with van der Waals surface area (Å²) in [5.41, 5.74) is 1.02. The van der Waals surface area contributed by atoms with E-state index in [4.69, 9.17) is 4.74 Å². The summed E-state index contributed by atoms with van der Waals surface area (Å²) in [4.78, 5) is 30.7. The Morgan fingerprint density at radius 1 is 1.12 bits per heavy atom. The summed E-state index contributed by atoms with van der Waals surface area (Å²) in [6.07, 6.45) is 7.24. The Hall–Kier alpha value is -1.56. The predicted molar refractivity (Wildman–Crippen MR) is 91.7 cm³/mol. The molecule has 0 aromatic heterocycles. The van der Waals surface area contributed by atoms with Gasteiger partial charge in [-0.15, -0.1) is 0 Å². The van der Waals surface area contributed by atoms with Gasteiger partial charge in [0, 0.05) is 50.9 Å². The number of hydrogen-bond acceptors (Lipinski definition) is 4. The Morgan fingerprint density at radius 2 is 1.92 bits per heavy atom. The second-order valence-electron chi connectivity index (χ2n) is 6.89. The SMILES string of the molecule is CCOC(=O)N1CCN(C2CCCN(C(=O)C3=CCCC3)C2)CC1. The number of piperidine rings is 1. The summed E-state index contributed by atoms with van der Waals surface area (Å²) in [6.45, 7) is 7.15. The lowest BCUT2D eigenvalue weighted by atomic mass is 10.0. The number of ether oxygens (including phenoxy) is 1. The van der Waals surface area contributed by atoms with Crippen molar-refractivity contribution in [3.63, 3.8) is 0 Å². The number of rotatable bonds is 3. The summed E-state index contributed by atoms with van der Waals surface area (Å²) in [5.74, 6) is 0.252. The van der Waals surface area contributed by atoms with Crippen molar-refractivity contribution in [2.24, 2.45) is 0 Å². The van der Waals surface area contributed by atoms with Gasteiger partial charge in [-0.25, -0.2) is 4.79 Å². The van der Waals surface area contributed by atoms with Gasteiger partial charge in [0.05, 0.1) is 6.61 Å². The van der Waals surface area contributed by atoms with Gasteiger partial charge in [-0.05, 0) is 39.0 Å². The normalized spacial score (nSPS) is 25.5. The third-order valence-electron chi connectivity index (χ3n) is 5.36. The molecule has 0 spiro atoms. The van der Waals surface area contributed by atoms with Gasteiger partial charge >= 0.3 is 6.09 Å². The highest BCUT2D eigenvalue weighted by molar-refractivity contribution is 5.93. The number of hydrogen-bond donors (Lipinski definition) is 0. The number of carbonyl (C=O) groups excluding carboxylic acids is 2. The largest absolute Gasteiger partial charge is 0.450 e. The van der Waals surface area contributed by atoms with Crippen LogP contribution in [-0.4, -0.2) is 78.6 Å². The molecule has 2 heterocycles. The van der Waals surface area contributed by atoms with Gasteiger partial charge in [0.2, 0.25) is 5.91 Å². The minimum Gasteiger partial charge on any atom is -0.450 e. The van der Waals surface area contributed by atoms with Crippen LogP contribution in [0.4, 0.5) is 4.79 Å². The Balaban J connectivity index is 1.50. The van der Waals surface area contributed by atoms with Crippen molar-refractivity contribution >= 4 is 12.0 Å². The maximum absolute atomic E-state index is 12.6. The van der Waals surface area contributed by atoms with E-state index in [1.165, 1.54) is 0 Å². The second kappa shape index (κ2) is 8.01. The Labute approximate surface area is 144 Å². The summed E-state index contributed by atoms with van der Waals surface area (Å²) >= 11 is 0. The molecule has 0 saturated carbocycles. The van der Waals surface area contributed by atoms with E-state index < -0.39 is 0 Å². The fourth-order valence-electron chi connectivity index (χ4n) is 3.99. The number of nitrogens with zero attached hydrogens (tertiary/aromatic N) is 3. The van der Waals surface area contributed by atoms with Crippen LogP contribution in [0.5, 0.6) is 0 Å². The van der Waals surface area contributed by atoms with E-state index in [1.807, 2.05) is 11.8 Å². The fraction of sp³-hybridized carbons (Fsp3) is 0.778. The van der Waals surface area contributed by atoms with Gasteiger partial charge < -0.3 is 14.5 Å². The zero-order valence-electron chi connectivity index (χ0n) is 14.7. The van der Waals surface area contributed by atoms with E-state index in [0.29, 0.717) is 25.7 Å². The zero-order valence-corrected chi connectivity index (χ0v) is 14.7. The van der Waals surface area contributed by atoms with Crippen molar-refractivity contribution in [3.05, 3.63) is 11.6 Å². The van der Waals surface area contributed by atoms with Crippen molar-refractivity contribution in [1.82, 2.24) is 14.7 Å². The van der Waals surface area contributed by atoms with Gasteiger partial charge in [0.15, 0.2) is 0 Å². The molecule has 0 aromatic carbocycles. The van der Waals surface area contributed by atoms with Crippen LogP contribution in [0.3, 0.4) is 0 Å². The molecule has 2 saturated heterocycles. The van der Waals surface area contributed by atoms with Gasteiger partial charge in [-0.2, -0.15) is 0 Å². The molecule has 1 atom stereocenters. The van der Waals surface area contributed by atoms with Gasteiger partial charge in [0.25, 0.3) is 0 Å². The van der Waals surface area contributed by atoms with Crippen LogP contribution < -0.4 is 0 Å². The molecule has 6 nitrogen and oxygen atoms in total. The number of allylic oxidation sites excluding steroid dienone is 1. The van der Waals surface area contributed by atoms with E-state index in [-0.39, 0.29) is 12.0 Å². The Bertz CT molecular complexity index is 498. The van der Waals surface area contributed by atoms with E-state index in [9.17, 15) is 9.59 Å². The van der Waals surface area contributed by atoms with Crippen LogP contribution in [-0.2, 0) is 9.53 Å². The van der Waals surface area contributed by atoms with Gasteiger partial charge in [0.1, 0.15) is 0 Å². The highest BCUT2D eigenvalue weighted by atomic mass is 16.6. The smallest absolute Gasteiger partial charge is 0.409 e. The lowest BCUT2D eigenvalue weighted by molar-refractivity contribution is -0.129. The maximum Gasteiger partial charge on any atom is 0.409 e. The van der Waals surface area contributed by atoms with Crippen molar-refractivity contribution < 1.29 is 14.3 Å². The first kappa shape index (κ1) is 17.3. The molecular weight excluding hydrogens is 306 g/mol. The molecule has 2 amide bonds. The van der Waals surface area contributed by atoms with Crippen LogP contribution in [0.25, 0.3) is 0 Å². The second-order valence-corrected chi connectivity index (χ2v) is 6.89. The van der Waals surface area contributed by atoms with Gasteiger partial charge in [-0.1, -0.05) is 6.08 Å². The van der Waals surface area contributed by atoms with E-state index >= 15 is 0 Å². The summed E-state index contributed by atoms with van der Waals surface area (Å²) in [6, 6.07) is 0.425. The average molecular weight is 335 g/mol. The molecule has 2 aliphatic heterocycles. The van der Waals surface area contributed by atoms with E-state index in [1.54, 1.807) is 4.90 Å². The first-order valence-corrected chi connectivity index (χ1v) is 9.33. The molecule has 6 heteroatoms. The van der Waals surface area contributed by atoms with Crippen LogP contribution >= 0.6 is 0 Å². The summed E-state index contributed by atoms with van der Waals surface area (Å²) in [7, 11) is 0. The number of amides is 2. The highest BCUT2D eigenvalue weighted by Gasteiger charge is 2.32. The molecule has 1 aliphatic carbocycles. The molecule has 0 aromatic rings. The fourth-order valence-corrected chi connectivity index (χ4v) is 3.99. The Kier molecular flexibility index (Phi) is 5.76. The van der Waals surface area contributed by atoms with E-state index in [0.717, 1.165) is 63.9 Å². The van der Waals surface area contributed by atoms with Crippen LogP contribution in [0.2, 0.25) is 0 Å². The average Bonchev–Trinajstić information content (AvgIpc) is 3.16. The molecule has 0 N–H and O–H groups in total. The van der Waals surface area contributed by atoms with Crippen molar-refractivity contribution in [1.29, 1.82) is 0 Å². The summed E-state index contributed by atoms with van der Waals surface area (Å²) < 4.78 is 5.08. The van der Waals surface area contributed by atoms with Crippen molar-refractivity contribution in [2.45, 2.75) is 45.1 Å². The molecule has 24 heavy (non-hydrogen) atoms. The molecular formula is C18H29N3O3. The highest BCUT2D eigenvalue weighted by Crippen LogP contribution is 2.24. The number of piperazine rings is 1. The minimum absolute atomic E-state index is 0.203. The molecule has 1 unspecified atom stereocenters. The monoisotopic (exact) mass is 335 g/mol. The first-order valence-electron chi connectivity index (χ1n) is 9.33. The van der Waals surface area contributed by atoms with Gasteiger partial charge in [-0.3, -0.25) is 9.69 Å². The molecule has 134 valence electrons. The zero-order chi connectivity index (χ0) is 16.9. The lowest BCUT2D eigenvalue weighted by Crippen LogP contribution is -2.56. The number of likely N-dealkylation sites (tertiary alicyclic amines) is 1. The Morgan fingerprint density at radius 3 is 2.58 bits per heavy atom. The number of carbonyl (C=O) groups is 2. The van der Waals surface area contributed by atoms with Crippen molar-refractivity contribution in [2.75, 3.05) is 45.9 Å². The van der Waals surface area contributed by atoms with Crippen LogP contribution in [0.15, 0.2) is 11.6 Å². The summed E-state index contributed by atoms with van der Waals surface area (Å²) in [5, 5.41) is 0.